The van der Waals surface area contributed by atoms with Crippen LogP contribution in [0.25, 0.3) is 16.7 Å². The van der Waals surface area contributed by atoms with E-state index in [0.29, 0.717) is 22.9 Å². The number of thioether (sulfide) groups is 1. The van der Waals surface area contributed by atoms with E-state index in [9.17, 15) is 9.59 Å². The van der Waals surface area contributed by atoms with Crippen LogP contribution in [-0.2, 0) is 11.3 Å². The Morgan fingerprint density at radius 2 is 1.74 bits per heavy atom. The molecule has 1 fully saturated rings. The van der Waals surface area contributed by atoms with E-state index in [2.05, 4.69) is 32.5 Å². The smallest absolute Gasteiger partial charge is 0.262 e. The Bertz CT molecular complexity index is 1390. The number of benzene rings is 2. The van der Waals surface area contributed by atoms with E-state index in [-0.39, 0.29) is 17.2 Å². The van der Waals surface area contributed by atoms with Crippen LogP contribution in [-0.4, -0.2) is 43.9 Å². The first-order chi connectivity index (χ1) is 17.2. The van der Waals surface area contributed by atoms with Gasteiger partial charge in [-0.1, -0.05) is 43.7 Å². The average Bonchev–Trinajstić information content (AvgIpc) is 3.11. The van der Waals surface area contributed by atoms with E-state index in [1.807, 2.05) is 47.7 Å². The van der Waals surface area contributed by atoms with E-state index >= 15 is 0 Å². The number of hydrogen-bond donors (Lipinski definition) is 1. The van der Waals surface area contributed by atoms with Crippen LogP contribution in [0.3, 0.4) is 0 Å². The molecule has 1 saturated heterocycles. The predicted molar refractivity (Wildman–Crippen MR) is 142 cm³/mol. The lowest BCUT2D eigenvalue weighted by Gasteiger charge is -2.22. The molecule has 0 spiro atoms. The molecule has 0 atom stereocenters. The molecule has 1 aliphatic rings. The van der Waals surface area contributed by atoms with Crippen molar-refractivity contribution in [3.8, 4) is 0 Å². The van der Waals surface area contributed by atoms with Gasteiger partial charge in [0.05, 0.1) is 16.7 Å². The van der Waals surface area contributed by atoms with Crippen molar-refractivity contribution in [2.75, 3.05) is 29.1 Å². The quantitative estimate of drug-likeness (QED) is 0.382. The lowest BCUT2D eigenvalue weighted by molar-refractivity contribution is -0.113. The standard InChI is InChI=1S/C26H30N6O2S/c1-2-15-31-24(34)21-9-5-6-10-22(21)32-25(31)28-29-26(32)35-18-23(33)27-19-11-13-20(14-12-19)30-16-7-3-4-8-17-30/h5-6,9-14H,2-4,7-8,15-18H2,1H3,(H,27,33). The first-order valence-corrected chi connectivity index (χ1v) is 13.3. The Morgan fingerprint density at radius 1 is 1.00 bits per heavy atom. The number of amides is 1. The van der Waals surface area contributed by atoms with Gasteiger partial charge in [0.15, 0.2) is 5.16 Å². The molecule has 2 aromatic carbocycles. The molecule has 0 bridgehead atoms. The predicted octanol–water partition coefficient (Wildman–Crippen LogP) is 4.57. The second-order valence-corrected chi connectivity index (χ2v) is 9.82. The maximum atomic E-state index is 13.0. The zero-order valence-electron chi connectivity index (χ0n) is 19.9. The summed E-state index contributed by atoms with van der Waals surface area (Å²) in [5.74, 6) is 0.582. The van der Waals surface area contributed by atoms with Crippen LogP contribution in [0.1, 0.15) is 39.0 Å². The van der Waals surface area contributed by atoms with Crippen molar-refractivity contribution < 1.29 is 4.79 Å². The summed E-state index contributed by atoms with van der Waals surface area (Å²) in [5, 5.41) is 12.8. The molecule has 2 aromatic heterocycles. The van der Waals surface area contributed by atoms with Crippen molar-refractivity contribution in [3.05, 3.63) is 58.9 Å². The Kier molecular flexibility index (Phi) is 7.03. The van der Waals surface area contributed by atoms with Gasteiger partial charge in [-0.3, -0.25) is 18.6 Å². The molecule has 3 heterocycles. The van der Waals surface area contributed by atoms with Crippen LogP contribution in [0.15, 0.2) is 58.5 Å². The van der Waals surface area contributed by atoms with E-state index in [1.165, 1.54) is 43.1 Å². The van der Waals surface area contributed by atoms with E-state index in [0.717, 1.165) is 30.7 Å². The lowest BCUT2D eigenvalue weighted by atomic mass is 10.2. The summed E-state index contributed by atoms with van der Waals surface area (Å²) in [7, 11) is 0. The number of fused-ring (bicyclic) bond motifs is 3. The third-order valence-corrected chi connectivity index (χ3v) is 7.31. The van der Waals surface area contributed by atoms with Gasteiger partial charge in [0, 0.05) is 31.0 Å². The molecule has 1 amide bonds. The van der Waals surface area contributed by atoms with Gasteiger partial charge >= 0.3 is 0 Å². The fourth-order valence-electron chi connectivity index (χ4n) is 4.66. The summed E-state index contributed by atoms with van der Waals surface area (Å²) in [6, 6.07) is 15.5. The monoisotopic (exact) mass is 490 g/mol. The van der Waals surface area contributed by atoms with Crippen LogP contribution in [0.4, 0.5) is 11.4 Å². The molecule has 9 heteroatoms. The Hall–Kier alpha value is -3.33. The van der Waals surface area contributed by atoms with Gasteiger partial charge in [0.25, 0.3) is 5.56 Å². The number of para-hydroxylation sites is 1. The molecule has 5 rings (SSSR count). The number of carbonyl (C=O) groups is 1. The van der Waals surface area contributed by atoms with Crippen molar-refractivity contribution in [2.45, 2.75) is 50.7 Å². The molecule has 0 saturated carbocycles. The summed E-state index contributed by atoms with van der Waals surface area (Å²) in [5.41, 5.74) is 2.67. The number of nitrogens with one attached hydrogen (secondary N) is 1. The summed E-state index contributed by atoms with van der Waals surface area (Å²) in [4.78, 5) is 28.1. The van der Waals surface area contributed by atoms with Crippen molar-refractivity contribution in [1.29, 1.82) is 0 Å². The fraction of sp³-hybridized carbons (Fsp3) is 0.385. The molecule has 1 N–H and O–H groups in total. The van der Waals surface area contributed by atoms with Crippen molar-refractivity contribution in [3.63, 3.8) is 0 Å². The van der Waals surface area contributed by atoms with Crippen molar-refractivity contribution in [1.82, 2.24) is 19.2 Å². The Morgan fingerprint density at radius 3 is 2.49 bits per heavy atom. The highest BCUT2D eigenvalue weighted by Crippen LogP contribution is 2.24. The Balaban J connectivity index is 1.31. The van der Waals surface area contributed by atoms with Crippen LogP contribution >= 0.6 is 11.8 Å². The van der Waals surface area contributed by atoms with Crippen molar-refractivity contribution in [2.24, 2.45) is 0 Å². The van der Waals surface area contributed by atoms with Gasteiger partial charge in [-0.05, 0) is 55.7 Å². The topological polar surface area (TPSA) is 84.5 Å². The fourth-order valence-corrected chi connectivity index (χ4v) is 5.40. The largest absolute Gasteiger partial charge is 0.372 e. The summed E-state index contributed by atoms with van der Waals surface area (Å²) in [6.07, 6.45) is 5.88. The molecule has 8 nitrogen and oxygen atoms in total. The molecular weight excluding hydrogens is 460 g/mol. The van der Waals surface area contributed by atoms with Crippen LogP contribution in [0.5, 0.6) is 0 Å². The van der Waals surface area contributed by atoms with Crippen LogP contribution in [0.2, 0.25) is 0 Å². The highest BCUT2D eigenvalue weighted by Gasteiger charge is 2.17. The molecular formula is C26H30N6O2S. The first-order valence-electron chi connectivity index (χ1n) is 12.3. The zero-order chi connectivity index (χ0) is 24.2. The molecule has 35 heavy (non-hydrogen) atoms. The average molecular weight is 491 g/mol. The van der Waals surface area contributed by atoms with Gasteiger partial charge in [0.1, 0.15) is 0 Å². The van der Waals surface area contributed by atoms with E-state index in [1.54, 1.807) is 4.57 Å². The first kappa shape index (κ1) is 23.4. The molecule has 1 aliphatic heterocycles. The molecule has 182 valence electrons. The van der Waals surface area contributed by atoms with Crippen LogP contribution in [0, 0.1) is 0 Å². The third-order valence-electron chi connectivity index (χ3n) is 6.38. The lowest BCUT2D eigenvalue weighted by Crippen LogP contribution is -2.23. The number of aromatic nitrogens is 4. The minimum Gasteiger partial charge on any atom is -0.372 e. The third kappa shape index (κ3) is 4.91. The summed E-state index contributed by atoms with van der Waals surface area (Å²) >= 11 is 1.31. The van der Waals surface area contributed by atoms with E-state index < -0.39 is 0 Å². The number of rotatable bonds is 7. The number of aryl methyl sites for hydroxylation is 1. The van der Waals surface area contributed by atoms with E-state index in [4.69, 9.17) is 0 Å². The highest BCUT2D eigenvalue weighted by atomic mass is 32.2. The van der Waals surface area contributed by atoms with Crippen molar-refractivity contribution >= 4 is 45.7 Å². The molecule has 4 aromatic rings. The number of hydrogen-bond acceptors (Lipinski definition) is 6. The molecule has 0 unspecified atom stereocenters. The van der Waals surface area contributed by atoms with Gasteiger partial charge in [0.2, 0.25) is 11.7 Å². The number of anilines is 2. The molecule has 0 radical (unpaired) electrons. The maximum absolute atomic E-state index is 13.0. The van der Waals surface area contributed by atoms with Crippen LogP contribution < -0.4 is 15.8 Å². The SMILES string of the molecule is CCCn1c(=O)c2ccccc2n2c(SCC(=O)Nc3ccc(N4CCCCCC4)cc3)nnc12. The molecule has 0 aliphatic carbocycles. The number of nitrogens with zero attached hydrogens (tertiary/aromatic N) is 5. The minimum absolute atomic E-state index is 0.0692. The van der Waals surface area contributed by atoms with Gasteiger partial charge in [-0.2, -0.15) is 0 Å². The second-order valence-electron chi connectivity index (χ2n) is 8.88. The Labute approximate surface area is 208 Å². The highest BCUT2D eigenvalue weighted by molar-refractivity contribution is 7.99. The zero-order valence-corrected chi connectivity index (χ0v) is 20.8. The second kappa shape index (κ2) is 10.5. The maximum Gasteiger partial charge on any atom is 0.262 e. The summed E-state index contributed by atoms with van der Waals surface area (Å²) in [6.45, 7) is 4.77. The normalized spacial score (nSPS) is 14.4. The van der Waals surface area contributed by atoms with Gasteiger partial charge in [-0.15, -0.1) is 10.2 Å². The minimum atomic E-state index is -0.111. The van der Waals surface area contributed by atoms with Gasteiger partial charge in [-0.25, -0.2) is 0 Å². The number of carbonyl (C=O) groups excluding carboxylic acids is 1. The summed E-state index contributed by atoms with van der Waals surface area (Å²) < 4.78 is 3.53. The van der Waals surface area contributed by atoms with Gasteiger partial charge < -0.3 is 10.2 Å².